The second kappa shape index (κ2) is 6.43. The molecule has 2 N–H and O–H groups in total. The van der Waals surface area contributed by atoms with Crippen molar-refractivity contribution >= 4 is 12.0 Å². The van der Waals surface area contributed by atoms with Crippen molar-refractivity contribution < 1.29 is 14.3 Å². The summed E-state index contributed by atoms with van der Waals surface area (Å²) in [7, 11) is 1.60. The van der Waals surface area contributed by atoms with Crippen molar-refractivity contribution in [1.82, 2.24) is 0 Å². The number of primary amides is 1. The molecular weight excluding hydrogens is 254 g/mol. The Labute approximate surface area is 117 Å². The Balaban J connectivity index is 2.23. The molecular formula is C16H15NO3. The molecule has 0 saturated carbocycles. The predicted molar refractivity (Wildman–Crippen MR) is 77.2 cm³/mol. The summed E-state index contributed by atoms with van der Waals surface area (Å²) in [5, 5.41) is 0. The molecule has 1 amide bonds. The van der Waals surface area contributed by atoms with E-state index in [2.05, 4.69) is 0 Å². The molecule has 20 heavy (non-hydrogen) atoms. The van der Waals surface area contributed by atoms with Crippen molar-refractivity contribution in [2.24, 2.45) is 5.73 Å². The van der Waals surface area contributed by atoms with Crippen LogP contribution in [0.1, 0.15) is 5.56 Å². The lowest BCUT2D eigenvalue weighted by molar-refractivity contribution is -0.116. The average molecular weight is 269 g/mol. The minimum atomic E-state index is -0.621. The van der Waals surface area contributed by atoms with E-state index in [1.807, 2.05) is 30.3 Å². The third-order valence-corrected chi connectivity index (χ3v) is 2.63. The van der Waals surface area contributed by atoms with Crippen molar-refractivity contribution in [2.75, 3.05) is 7.11 Å². The van der Waals surface area contributed by atoms with E-state index >= 15 is 0 Å². The van der Waals surface area contributed by atoms with Gasteiger partial charge in [-0.25, -0.2) is 0 Å². The Morgan fingerprint density at radius 1 is 1.00 bits per heavy atom. The Hall–Kier alpha value is -2.75. The van der Waals surface area contributed by atoms with Crippen molar-refractivity contribution in [3.63, 3.8) is 0 Å². The van der Waals surface area contributed by atoms with E-state index in [0.717, 1.165) is 11.3 Å². The van der Waals surface area contributed by atoms with E-state index in [1.165, 1.54) is 0 Å². The first-order chi connectivity index (χ1) is 9.69. The second-order valence-electron chi connectivity index (χ2n) is 4.06. The molecule has 0 aliphatic carbocycles. The van der Waals surface area contributed by atoms with E-state index in [4.69, 9.17) is 15.2 Å². The zero-order valence-electron chi connectivity index (χ0n) is 11.1. The van der Waals surface area contributed by atoms with E-state index in [1.54, 1.807) is 37.5 Å². The van der Waals surface area contributed by atoms with Crippen LogP contribution in [0, 0.1) is 0 Å². The molecule has 4 nitrogen and oxygen atoms in total. The van der Waals surface area contributed by atoms with Crippen LogP contribution >= 0.6 is 0 Å². The minimum absolute atomic E-state index is 0.0846. The van der Waals surface area contributed by atoms with Gasteiger partial charge in [-0.15, -0.1) is 0 Å². The van der Waals surface area contributed by atoms with E-state index in [0.29, 0.717) is 5.75 Å². The number of hydrogen-bond donors (Lipinski definition) is 1. The zero-order chi connectivity index (χ0) is 14.4. The van der Waals surface area contributed by atoms with Crippen molar-refractivity contribution in [2.45, 2.75) is 0 Å². The summed E-state index contributed by atoms with van der Waals surface area (Å²) < 4.78 is 10.6. The highest BCUT2D eigenvalue weighted by Gasteiger charge is 2.08. The maximum absolute atomic E-state index is 11.4. The number of methoxy groups -OCH3 is 1. The highest BCUT2D eigenvalue weighted by molar-refractivity contribution is 5.95. The zero-order valence-corrected chi connectivity index (χ0v) is 11.1. The topological polar surface area (TPSA) is 61.6 Å². The molecule has 0 aliphatic rings. The summed E-state index contributed by atoms with van der Waals surface area (Å²) in [4.78, 5) is 11.4. The number of carbonyl (C=O) groups is 1. The fraction of sp³-hybridized carbons (Fsp3) is 0.0625. The number of rotatable bonds is 5. The average Bonchev–Trinajstić information content (AvgIpc) is 2.48. The van der Waals surface area contributed by atoms with Crippen LogP contribution in [0.25, 0.3) is 6.08 Å². The molecule has 0 bridgehead atoms. The molecule has 0 heterocycles. The van der Waals surface area contributed by atoms with Gasteiger partial charge in [0.25, 0.3) is 5.91 Å². The van der Waals surface area contributed by atoms with Gasteiger partial charge in [0.1, 0.15) is 11.5 Å². The number of amides is 1. The quantitative estimate of drug-likeness (QED) is 0.670. The molecule has 102 valence electrons. The molecule has 0 aromatic heterocycles. The summed E-state index contributed by atoms with van der Waals surface area (Å²) in [6.07, 6.45) is 1.59. The maximum Gasteiger partial charge on any atom is 0.284 e. The van der Waals surface area contributed by atoms with E-state index in [9.17, 15) is 4.79 Å². The molecule has 0 spiro atoms. The van der Waals surface area contributed by atoms with Crippen LogP contribution in [0.5, 0.6) is 11.5 Å². The summed E-state index contributed by atoms with van der Waals surface area (Å²) in [5.41, 5.74) is 6.13. The first-order valence-corrected chi connectivity index (χ1v) is 6.07. The molecule has 2 rings (SSSR count). The van der Waals surface area contributed by atoms with Gasteiger partial charge in [0.15, 0.2) is 5.76 Å². The standard InChI is InChI=1S/C16H15NO3/c1-19-13-9-7-12(8-10-13)11-15(16(17)18)20-14-5-3-2-4-6-14/h2-11H,1H3,(H2,17,18)/b15-11-. The Morgan fingerprint density at radius 3 is 2.20 bits per heavy atom. The molecule has 4 heteroatoms. The third kappa shape index (κ3) is 3.62. The summed E-state index contributed by atoms with van der Waals surface area (Å²) in [6, 6.07) is 16.2. The molecule has 0 fully saturated rings. The fourth-order valence-corrected chi connectivity index (χ4v) is 1.62. The predicted octanol–water partition coefficient (Wildman–Crippen LogP) is 2.60. The highest BCUT2D eigenvalue weighted by Crippen LogP contribution is 2.17. The molecule has 0 saturated heterocycles. The second-order valence-corrected chi connectivity index (χ2v) is 4.06. The fourth-order valence-electron chi connectivity index (χ4n) is 1.62. The highest BCUT2D eigenvalue weighted by atomic mass is 16.5. The summed E-state index contributed by atoms with van der Waals surface area (Å²) in [5.74, 6) is 0.767. The van der Waals surface area contributed by atoms with Gasteiger partial charge in [0.2, 0.25) is 0 Å². The van der Waals surface area contributed by atoms with Crippen LogP contribution in [0.4, 0.5) is 0 Å². The molecule has 0 radical (unpaired) electrons. The van der Waals surface area contributed by atoms with Crippen LogP contribution in [0.15, 0.2) is 60.4 Å². The van der Waals surface area contributed by atoms with Crippen LogP contribution in [0.3, 0.4) is 0 Å². The largest absolute Gasteiger partial charge is 0.497 e. The number of ether oxygens (including phenoxy) is 2. The molecule has 0 unspecified atom stereocenters. The van der Waals surface area contributed by atoms with Gasteiger partial charge in [-0.3, -0.25) is 4.79 Å². The lowest BCUT2D eigenvalue weighted by Gasteiger charge is -2.07. The van der Waals surface area contributed by atoms with Crippen LogP contribution in [-0.2, 0) is 4.79 Å². The minimum Gasteiger partial charge on any atom is -0.497 e. The first-order valence-electron chi connectivity index (χ1n) is 6.07. The van der Waals surface area contributed by atoms with Gasteiger partial charge < -0.3 is 15.2 Å². The van der Waals surface area contributed by atoms with Crippen molar-refractivity contribution in [3.05, 3.63) is 65.9 Å². The molecule has 0 atom stereocenters. The lowest BCUT2D eigenvalue weighted by Crippen LogP contribution is -2.18. The van der Waals surface area contributed by atoms with Crippen LogP contribution in [0.2, 0.25) is 0 Å². The van der Waals surface area contributed by atoms with Gasteiger partial charge in [0.05, 0.1) is 7.11 Å². The Bertz CT molecular complexity index is 603. The Morgan fingerprint density at radius 2 is 1.65 bits per heavy atom. The monoisotopic (exact) mass is 269 g/mol. The van der Waals surface area contributed by atoms with Gasteiger partial charge in [-0.2, -0.15) is 0 Å². The van der Waals surface area contributed by atoms with Crippen molar-refractivity contribution in [3.8, 4) is 11.5 Å². The van der Waals surface area contributed by atoms with E-state index in [-0.39, 0.29) is 5.76 Å². The first kappa shape index (κ1) is 13.7. The van der Waals surface area contributed by atoms with Gasteiger partial charge in [-0.05, 0) is 35.9 Å². The number of benzene rings is 2. The van der Waals surface area contributed by atoms with Gasteiger partial charge in [0, 0.05) is 0 Å². The molecule has 2 aromatic rings. The molecule has 2 aromatic carbocycles. The lowest BCUT2D eigenvalue weighted by atomic mass is 10.2. The SMILES string of the molecule is COc1ccc(/C=C(\Oc2ccccc2)C(N)=O)cc1. The maximum atomic E-state index is 11.4. The number of para-hydroxylation sites is 1. The third-order valence-electron chi connectivity index (χ3n) is 2.63. The Kier molecular flexibility index (Phi) is 4.39. The normalized spacial score (nSPS) is 10.9. The van der Waals surface area contributed by atoms with Crippen LogP contribution < -0.4 is 15.2 Å². The van der Waals surface area contributed by atoms with E-state index < -0.39 is 5.91 Å². The van der Waals surface area contributed by atoms with Gasteiger partial charge in [-0.1, -0.05) is 30.3 Å². The van der Waals surface area contributed by atoms with Crippen molar-refractivity contribution in [1.29, 1.82) is 0 Å². The summed E-state index contributed by atoms with van der Waals surface area (Å²) in [6.45, 7) is 0. The van der Waals surface area contributed by atoms with Gasteiger partial charge >= 0.3 is 0 Å². The van der Waals surface area contributed by atoms with Crippen LogP contribution in [-0.4, -0.2) is 13.0 Å². The molecule has 0 aliphatic heterocycles. The summed E-state index contributed by atoms with van der Waals surface area (Å²) >= 11 is 0. The number of hydrogen-bond acceptors (Lipinski definition) is 3. The number of carbonyl (C=O) groups excluding carboxylic acids is 1. The smallest absolute Gasteiger partial charge is 0.284 e. The number of nitrogens with two attached hydrogens (primary N) is 1.